The SMILES string of the molecule is CC/C=C\C/C=C\C/C=C\C/C=C\C/C=C\CCCC(=O)OC(COC(=O)CCCCCCCCCCCCCCCCCCCCCCCCCCCCCCCCC)COC(OCC[N+](C)(C)C)C(=O)O. The maximum absolute atomic E-state index is 12.8. The number of carbonyl (C=O) groups is 3. The molecule has 0 bridgehead atoms. The van der Waals surface area contributed by atoms with Crippen LogP contribution in [0.25, 0.3) is 0 Å². The minimum Gasteiger partial charge on any atom is -0.477 e. The fraction of sp³-hybridized carbons (Fsp3) is 0.797. The Bertz CT molecular complexity index is 1380. The fourth-order valence-corrected chi connectivity index (χ4v) is 8.64. The lowest BCUT2D eigenvalue weighted by Crippen LogP contribution is -2.40. The van der Waals surface area contributed by atoms with E-state index in [1.807, 2.05) is 21.1 Å². The topological polar surface area (TPSA) is 108 Å². The summed E-state index contributed by atoms with van der Waals surface area (Å²) in [5, 5.41) is 9.69. The number of carbonyl (C=O) groups excluding carboxylic acids is 2. The van der Waals surface area contributed by atoms with Crippen LogP contribution in [0.15, 0.2) is 60.8 Å². The molecule has 1 N–H and O–H groups in total. The summed E-state index contributed by atoms with van der Waals surface area (Å²) >= 11 is 0. The van der Waals surface area contributed by atoms with Gasteiger partial charge in [-0.05, 0) is 51.4 Å². The maximum Gasteiger partial charge on any atom is 0.361 e. The Kier molecular flexibility index (Phi) is 53.0. The first kappa shape index (κ1) is 70.0. The third-order valence-corrected chi connectivity index (χ3v) is 13.3. The van der Waals surface area contributed by atoms with Crippen molar-refractivity contribution in [1.29, 1.82) is 0 Å². The van der Waals surface area contributed by atoms with Gasteiger partial charge in [0, 0.05) is 12.8 Å². The summed E-state index contributed by atoms with van der Waals surface area (Å²) in [4.78, 5) is 37.4. The average Bonchev–Trinajstić information content (AvgIpc) is 3.36. The average molecular weight is 1030 g/mol. The number of esters is 2. The van der Waals surface area contributed by atoms with Gasteiger partial charge in [-0.25, -0.2) is 4.79 Å². The van der Waals surface area contributed by atoms with Gasteiger partial charge >= 0.3 is 17.9 Å². The first-order chi connectivity index (χ1) is 35.6. The van der Waals surface area contributed by atoms with Crippen LogP contribution in [0.2, 0.25) is 0 Å². The van der Waals surface area contributed by atoms with Gasteiger partial charge in [-0.2, -0.15) is 0 Å². The van der Waals surface area contributed by atoms with E-state index in [-0.39, 0.29) is 32.2 Å². The Morgan fingerprint density at radius 2 is 0.781 bits per heavy atom. The van der Waals surface area contributed by atoms with Gasteiger partial charge in [0.15, 0.2) is 6.10 Å². The highest BCUT2D eigenvalue weighted by Gasteiger charge is 2.25. The van der Waals surface area contributed by atoms with E-state index in [2.05, 4.69) is 74.6 Å². The number of quaternary nitrogens is 1. The van der Waals surface area contributed by atoms with Gasteiger partial charge in [0.2, 0.25) is 0 Å². The molecular formula is C64H116NO8+. The van der Waals surface area contributed by atoms with E-state index in [0.29, 0.717) is 23.9 Å². The molecule has 0 fully saturated rings. The third kappa shape index (κ3) is 56.6. The normalized spacial score (nSPS) is 13.2. The minimum atomic E-state index is -1.53. The van der Waals surface area contributed by atoms with Crippen molar-refractivity contribution in [2.75, 3.05) is 47.5 Å². The van der Waals surface area contributed by atoms with E-state index < -0.39 is 24.3 Å². The van der Waals surface area contributed by atoms with Gasteiger partial charge in [0.25, 0.3) is 6.29 Å². The van der Waals surface area contributed by atoms with Gasteiger partial charge in [-0.15, -0.1) is 0 Å². The van der Waals surface area contributed by atoms with Crippen LogP contribution in [0, 0.1) is 0 Å². The molecule has 2 atom stereocenters. The number of ether oxygens (including phenoxy) is 4. The van der Waals surface area contributed by atoms with E-state index in [9.17, 15) is 19.5 Å². The van der Waals surface area contributed by atoms with Crippen molar-refractivity contribution in [3.8, 4) is 0 Å². The molecule has 0 aliphatic heterocycles. The second kappa shape index (κ2) is 55.2. The summed E-state index contributed by atoms with van der Waals surface area (Å²) in [6, 6.07) is 0. The molecule has 0 aliphatic rings. The summed E-state index contributed by atoms with van der Waals surface area (Å²) in [5.74, 6) is -2.08. The molecule has 9 heteroatoms. The largest absolute Gasteiger partial charge is 0.477 e. The lowest BCUT2D eigenvalue weighted by molar-refractivity contribution is -0.870. The van der Waals surface area contributed by atoms with Crippen molar-refractivity contribution >= 4 is 17.9 Å². The number of hydrogen-bond acceptors (Lipinski definition) is 7. The van der Waals surface area contributed by atoms with Gasteiger partial charge < -0.3 is 28.5 Å². The Labute approximate surface area is 450 Å². The fourth-order valence-electron chi connectivity index (χ4n) is 8.64. The van der Waals surface area contributed by atoms with Crippen molar-refractivity contribution in [2.45, 2.75) is 283 Å². The molecule has 0 saturated heterocycles. The van der Waals surface area contributed by atoms with E-state index in [0.717, 1.165) is 57.8 Å². The molecule has 2 unspecified atom stereocenters. The number of rotatable bonds is 56. The zero-order chi connectivity index (χ0) is 53.4. The number of hydrogen-bond donors (Lipinski definition) is 1. The Balaban J connectivity index is 4.13. The van der Waals surface area contributed by atoms with Crippen LogP contribution in [0.5, 0.6) is 0 Å². The number of unbranched alkanes of at least 4 members (excludes halogenated alkanes) is 31. The number of likely N-dealkylation sites (N-methyl/N-ethyl adjacent to an activating group) is 1. The van der Waals surface area contributed by atoms with Crippen molar-refractivity contribution in [1.82, 2.24) is 0 Å². The third-order valence-electron chi connectivity index (χ3n) is 13.3. The molecule has 0 aromatic carbocycles. The smallest absolute Gasteiger partial charge is 0.361 e. The van der Waals surface area contributed by atoms with Crippen LogP contribution < -0.4 is 0 Å². The zero-order valence-corrected chi connectivity index (χ0v) is 48.3. The minimum absolute atomic E-state index is 0.176. The van der Waals surface area contributed by atoms with E-state index in [4.69, 9.17) is 18.9 Å². The lowest BCUT2D eigenvalue weighted by Gasteiger charge is -2.25. The van der Waals surface area contributed by atoms with Crippen LogP contribution in [0.4, 0.5) is 0 Å². The molecule has 0 rings (SSSR count). The number of aliphatic carboxylic acids is 1. The molecule has 9 nitrogen and oxygen atoms in total. The molecule has 0 aliphatic carbocycles. The molecule has 0 radical (unpaired) electrons. The van der Waals surface area contributed by atoms with Crippen molar-refractivity contribution in [3.05, 3.63) is 60.8 Å². The molecule has 0 spiro atoms. The molecule has 424 valence electrons. The standard InChI is InChI=1S/C64H115NO8/c1-6-8-10-12-14-16-18-20-22-24-25-26-27-28-29-30-31-32-33-34-35-36-37-39-40-42-44-46-48-50-52-54-61(66)71-58-60(59-72-64(63(68)69)70-57-56-65(3,4)5)73-62(67)55-53-51-49-47-45-43-41-38-23-21-19-17-15-13-11-9-7-2/h9,11,15,17,21,23,41,43,47,49,60,64H,6-8,10,12-14,16,18-20,22,24-40,42,44-46,48,50-59H2,1-5H3/p+1/b11-9-,17-15-,23-21-,43-41-,49-47-. The number of carboxylic acid groups (broad SMARTS) is 1. The van der Waals surface area contributed by atoms with Crippen LogP contribution in [-0.4, -0.2) is 87.4 Å². The molecule has 0 aromatic heterocycles. The van der Waals surface area contributed by atoms with Gasteiger partial charge in [-0.1, -0.05) is 267 Å². The summed E-state index contributed by atoms with van der Waals surface area (Å²) in [7, 11) is 5.95. The molecule has 0 saturated carbocycles. The predicted molar refractivity (Wildman–Crippen MR) is 309 cm³/mol. The first-order valence-corrected chi connectivity index (χ1v) is 30.5. The summed E-state index contributed by atoms with van der Waals surface area (Å²) < 4.78 is 22.8. The first-order valence-electron chi connectivity index (χ1n) is 30.5. The second-order valence-electron chi connectivity index (χ2n) is 21.6. The van der Waals surface area contributed by atoms with Crippen LogP contribution >= 0.6 is 0 Å². The Hall–Kier alpha value is -3.01. The number of allylic oxidation sites excluding steroid dienone is 10. The zero-order valence-electron chi connectivity index (χ0n) is 48.3. The van der Waals surface area contributed by atoms with E-state index in [1.54, 1.807) is 0 Å². The molecule has 0 amide bonds. The van der Waals surface area contributed by atoms with Gasteiger partial charge in [0.05, 0.1) is 34.4 Å². The second-order valence-corrected chi connectivity index (χ2v) is 21.6. The number of nitrogens with zero attached hydrogens (tertiary/aromatic N) is 1. The summed E-state index contributed by atoms with van der Waals surface area (Å²) in [6.07, 6.45) is 67.7. The van der Waals surface area contributed by atoms with Crippen molar-refractivity contribution in [2.24, 2.45) is 0 Å². The maximum atomic E-state index is 12.8. The molecule has 0 aromatic rings. The van der Waals surface area contributed by atoms with Gasteiger partial charge in [0.1, 0.15) is 13.2 Å². The van der Waals surface area contributed by atoms with Crippen molar-refractivity contribution < 1.29 is 42.9 Å². The number of carboxylic acids is 1. The van der Waals surface area contributed by atoms with Gasteiger partial charge in [-0.3, -0.25) is 9.59 Å². The molecule has 73 heavy (non-hydrogen) atoms. The summed E-state index contributed by atoms with van der Waals surface area (Å²) in [5.41, 5.74) is 0. The van der Waals surface area contributed by atoms with E-state index in [1.165, 1.54) is 180 Å². The quantitative estimate of drug-likeness (QED) is 0.0211. The highest BCUT2D eigenvalue weighted by molar-refractivity contribution is 5.71. The monoisotopic (exact) mass is 1030 g/mol. The van der Waals surface area contributed by atoms with Crippen LogP contribution in [0.1, 0.15) is 271 Å². The highest BCUT2D eigenvalue weighted by atomic mass is 16.7. The van der Waals surface area contributed by atoms with Crippen LogP contribution in [-0.2, 0) is 33.3 Å². The summed E-state index contributed by atoms with van der Waals surface area (Å²) in [6.45, 7) is 4.72. The molecule has 0 heterocycles. The predicted octanol–water partition coefficient (Wildman–Crippen LogP) is 18.0. The Morgan fingerprint density at radius 1 is 0.425 bits per heavy atom. The molecular weight excluding hydrogens is 911 g/mol. The van der Waals surface area contributed by atoms with Crippen LogP contribution in [0.3, 0.4) is 0 Å². The van der Waals surface area contributed by atoms with E-state index >= 15 is 0 Å². The Morgan fingerprint density at radius 3 is 1.15 bits per heavy atom. The van der Waals surface area contributed by atoms with Crippen molar-refractivity contribution in [3.63, 3.8) is 0 Å². The highest BCUT2D eigenvalue weighted by Crippen LogP contribution is 2.17. The lowest BCUT2D eigenvalue weighted by atomic mass is 10.0.